The molecule has 116 valence electrons. The summed E-state index contributed by atoms with van der Waals surface area (Å²) in [5.74, 6) is -0.313. The topological polar surface area (TPSA) is 38.3 Å². The third kappa shape index (κ3) is 6.17. The fourth-order valence-electron chi connectivity index (χ4n) is 1.74. The van der Waals surface area contributed by atoms with Gasteiger partial charge in [-0.05, 0) is 44.0 Å². The summed E-state index contributed by atoms with van der Waals surface area (Å²) >= 11 is 5.83. The summed E-state index contributed by atoms with van der Waals surface area (Å²) in [6.45, 7) is 7.61. The van der Waals surface area contributed by atoms with E-state index in [2.05, 4.69) is 5.32 Å². The first-order chi connectivity index (χ1) is 9.73. The molecule has 1 aromatic carbocycles. The second kappa shape index (κ2) is 7.46. The smallest absolute Gasteiger partial charge is 0.407 e. The van der Waals surface area contributed by atoms with Crippen LogP contribution in [0.15, 0.2) is 35.4 Å². The number of rotatable bonds is 4. The van der Waals surface area contributed by atoms with Crippen molar-refractivity contribution in [3.05, 3.63) is 46.8 Å². The number of halogens is 2. The molecule has 0 aliphatic carbocycles. The number of carbonyl (C=O) groups excluding carboxylic acids is 1. The number of amides is 1. The molecule has 0 fully saturated rings. The van der Waals surface area contributed by atoms with E-state index in [1.807, 2.05) is 6.92 Å². The fourth-order valence-corrected chi connectivity index (χ4v) is 2.01. The van der Waals surface area contributed by atoms with Gasteiger partial charge in [0.05, 0.1) is 0 Å². The van der Waals surface area contributed by atoms with Crippen LogP contribution >= 0.6 is 11.6 Å². The summed E-state index contributed by atoms with van der Waals surface area (Å²) in [7, 11) is 0. The lowest BCUT2D eigenvalue weighted by molar-refractivity contribution is 0.0532. The summed E-state index contributed by atoms with van der Waals surface area (Å²) in [4.78, 5) is 11.6. The average Bonchev–Trinajstić information content (AvgIpc) is 2.38. The predicted octanol–water partition coefficient (Wildman–Crippen LogP) is 4.58. The molecule has 1 unspecified atom stereocenters. The SMILES string of the molecule is CC(/C(=C\Cl)CNC(=O)OC(C)(C)C)c1ccc(F)cc1. The Hall–Kier alpha value is -1.55. The van der Waals surface area contributed by atoms with Gasteiger partial charge in [0.1, 0.15) is 11.4 Å². The molecule has 21 heavy (non-hydrogen) atoms. The van der Waals surface area contributed by atoms with E-state index >= 15 is 0 Å². The lowest BCUT2D eigenvalue weighted by Crippen LogP contribution is -2.34. The van der Waals surface area contributed by atoms with Crippen molar-refractivity contribution in [3.8, 4) is 0 Å². The molecule has 1 atom stereocenters. The van der Waals surface area contributed by atoms with Crippen molar-refractivity contribution >= 4 is 17.7 Å². The second-order valence-corrected chi connectivity index (χ2v) is 6.03. The van der Waals surface area contributed by atoms with E-state index in [-0.39, 0.29) is 18.3 Å². The van der Waals surface area contributed by atoms with Crippen molar-refractivity contribution in [2.75, 3.05) is 6.54 Å². The maximum Gasteiger partial charge on any atom is 0.407 e. The maximum absolute atomic E-state index is 12.9. The van der Waals surface area contributed by atoms with Gasteiger partial charge < -0.3 is 10.1 Å². The van der Waals surface area contributed by atoms with Gasteiger partial charge in [-0.15, -0.1) is 0 Å². The van der Waals surface area contributed by atoms with Crippen LogP contribution in [0.1, 0.15) is 39.2 Å². The minimum Gasteiger partial charge on any atom is -0.444 e. The van der Waals surface area contributed by atoms with E-state index in [0.717, 1.165) is 11.1 Å². The van der Waals surface area contributed by atoms with E-state index in [1.165, 1.54) is 17.7 Å². The Morgan fingerprint density at radius 2 is 1.95 bits per heavy atom. The maximum atomic E-state index is 12.9. The molecule has 0 aliphatic heterocycles. The Balaban J connectivity index is 2.63. The van der Waals surface area contributed by atoms with Crippen LogP contribution in [0.5, 0.6) is 0 Å². The Morgan fingerprint density at radius 1 is 1.38 bits per heavy atom. The van der Waals surface area contributed by atoms with Crippen LogP contribution in [0.4, 0.5) is 9.18 Å². The Kier molecular flexibility index (Phi) is 6.21. The van der Waals surface area contributed by atoms with Crippen molar-refractivity contribution in [3.63, 3.8) is 0 Å². The number of hydrogen-bond donors (Lipinski definition) is 1. The van der Waals surface area contributed by atoms with Gasteiger partial charge in [-0.1, -0.05) is 30.7 Å². The van der Waals surface area contributed by atoms with Gasteiger partial charge in [0.2, 0.25) is 0 Å². The molecular formula is C16H21ClFNO2. The number of hydrogen-bond acceptors (Lipinski definition) is 2. The van der Waals surface area contributed by atoms with Gasteiger partial charge in [-0.2, -0.15) is 0 Å². The van der Waals surface area contributed by atoms with Crippen LogP contribution in [0, 0.1) is 5.82 Å². The van der Waals surface area contributed by atoms with Crippen molar-refractivity contribution in [1.29, 1.82) is 0 Å². The molecule has 3 nitrogen and oxygen atoms in total. The lowest BCUT2D eigenvalue weighted by atomic mass is 9.94. The van der Waals surface area contributed by atoms with Gasteiger partial charge in [-0.3, -0.25) is 0 Å². The van der Waals surface area contributed by atoms with Crippen LogP contribution in [0.3, 0.4) is 0 Å². The first kappa shape index (κ1) is 17.5. The lowest BCUT2D eigenvalue weighted by Gasteiger charge is -2.21. The van der Waals surface area contributed by atoms with Gasteiger partial charge in [-0.25, -0.2) is 9.18 Å². The highest BCUT2D eigenvalue weighted by molar-refractivity contribution is 6.25. The third-order valence-corrected chi connectivity index (χ3v) is 3.18. The van der Waals surface area contributed by atoms with Gasteiger partial charge in [0.15, 0.2) is 0 Å². The molecule has 1 amide bonds. The molecular weight excluding hydrogens is 293 g/mol. The summed E-state index contributed by atoms with van der Waals surface area (Å²) < 4.78 is 18.1. The molecule has 0 radical (unpaired) electrons. The molecule has 1 rings (SSSR count). The largest absolute Gasteiger partial charge is 0.444 e. The van der Waals surface area contributed by atoms with Crippen LogP contribution in [0.25, 0.3) is 0 Å². The van der Waals surface area contributed by atoms with Crippen molar-refractivity contribution in [2.24, 2.45) is 0 Å². The molecule has 0 aromatic heterocycles. The molecule has 0 heterocycles. The van der Waals surface area contributed by atoms with Gasteiger partial charge in [0.25, 0.3) is 0 Å². The monoisotopic (exact) mass is 313 g/mol. The Bertz CT molecular complexity index is 506. The van der Waals surface area contributed by atoms with Crippen molar-refractivity contribution in [1.82, 2.24) is 5.32 Å². The van der Waals surface area contributed by atoms with E-state index in [0.29, 0.717) is 0 Å². The quantitative estimate of drug-likeness (QED) is 0.883. The molecule has 1 N–H and O–H groups in total. The second-order valence-electron chi connectivity index (χ2n) is 5.81. The summed E-state index contributed by atoms with van der Waals surface area (Å²) in [6.07, 6.45) is -0.496. The van der Waals surface area contributed by atoms with Crippen LogP contribution in [-0.2, 0) is 4.74 Å². The zero-order valence-electron chi connectivity index (χ0n) is 12.7. The number of carbonyl (C=O) groups is 1. The van der Waals surface area contributed by atoms with E-state index in [1.54, 1.807) is 32.9 Å². The molecule has 5 heteroatoms. The standard InChI is InChI=1S/C16H21ClFNO2/c1-11(12-5-7-14(18)8-6-12)13(9-17)10-19-15(20)21-16(2,3)4/h5-9,11H,10H2,1-4H3,(H,19,20)/b13-9-. The van der Waals surface area contributed by atoms with E-state index < -0.39 is 11.7 Å². The molecule has 0 saturated carbocycles. The zero-order valence-corrected chi connectivity index (χ0v) is 13.5. The van der Waals surface area contributed by atoms with Crippen LogP contribution < -0.4 is 5.32 Å². The first-order valence-electron chi connectivity index (χ1n) is 6.74. The third-order valence-electron chi connectivity index (χ3n) is 2.90. The van der Waals surface area contributed by atoms with Gasteiger partial charge in [0, 0.05) is 18.0 Å². The fraction of sp³-hybridized carbons (Fsp3) is 0.438. The molecule has 0 bridgehead atoms. The molecule has 0 spiro atoms. The van der Waals surface area contributed by atoms with E-state index in [9.17, 15) is 9.18 Å². The molecule has 0 saturated heterocycles. The number of benzene rings is 1. The van der Waals surface area contributed by atoms with Crippen LogP contribution in [-0.4, -0.2) is 18.2 Å². The summed E-state index contributed by atoms with van der Waals surface area (Å²) in [5, 5.41) is 2.66. The number of ether oxygens (including phenoxy) is 1. The average molecular weight is 314 g/mol. The Morgan fingerprint density at radius 3 is 2.43 bits per heavy atom. The summed E-state index contributed by atoms with van der Waals surface area (Å²) in [6, 6.07) is 6.21. The normalized spacial score (nSPS) is 13.7. The van der Waals surface area contributed by atoms with Gasteiger partial charge >= 0.3 is 6.09 Å². The summed E-state index contributed by atoms with van der Waals surface area (Å²) in [5.41, 5.74) is 2.63. The number of alkyl carbamates (subject to hydrolysis) is 1. The first-order valence-corrected chi connectivity index (χ1v) is 7.18. The highest BCUT2D eigenvalue weighted by atomic mass is 35.5. The van der Waals surface area contributed by atoms with E-state index in [4.69, 9.17) is 16.3 Å². The highest BCUT2D eigenvalue weighted by Crippen LogP contribution is 2.24. The predicted molar refractivity (Wildman–Crippen MR) is 83.0 cm³/mol. The highest BCUT2D eigenvalue weighted by Gasteiger charge is 2.17. The number of nitrogens with one attached hydrogen (secondary N) is 1. The minimum absolute atomic E-state index is 0.0296. The Labute approximate surface area is 130 Å². The molecule has 1 aromatic rings. The zero-order chi connectivity index (χ0) is 16.0. The van der Waals surface area contributed by atoms with Crippen molar-refractivity contribution in [2.45, 2.75) is 39.2 Å². The van der Waals surface area contributed by atoms with Crippen molar-refractivity contribution < 1.29 is 13.9 Å². The van der Waals surface area contributed by atoms with Crippen LogP contribution in [0.2, 0.25) is 0 Å². The molecule has 0 aliphatic rings. The minimum atomic E-state index is -0.544.